The third-order valence-electron chi connectivity index (χ3n) is 3.65. The highest BCUT2D eigenvalue weighted by Gasteiger charge is 2.21. The minimum absolute atomic E-state index is 0.00278. The molecule has 7 heteroatoms. The van der Waals surface area contributed by atoms with Gasteiger partial charge in [0.2, 0.25) is 0 Å². The van der Waals surface area contributed by atoms with E-state index >= 15 is 0 Å². The number of halogens is 3. The van der Waals surface area contributed by atoms with Gasteiger partial charge in [-0.2, -0.15) is 8.78 Å². The summed E-state index contributed by atoms with van der Waals surface area (Å²) >= 11 is 3.32. The van der Waals surface area contributed by atoms with E-state index in [4.69, 9.17) is 0 Å². The molecule has 0 saturated carbocycles. The fourth-order valence-electron chi connectivity index (χ4n) is 2.59. The lowest BCUT2D eigenvalue weighted by molar-refractivity contribution is -0.108. The van der Waals surface area contributed by atoms with Gasteiger partial charge in [-0.15, -0.1) is 0 Å². The van der Waals surface area contributed by atoms with Crippen LogP contribution in [0, 0.1) is 6.92 Å². The Morgan fingerprint density at radius 3 is 2.64 bits per heavy atom. The van der Waals surface area contributed by atoms with E-state index in [1.54, 1.807) is 37.3 Å². The van der Waals surface area contributed by atoms with E-state index in [1.165, 1.54) is 6.07 Å². The Morgan fingerprint density at radius 2 is 2.00 bits per heavy atom. The van der Waals surface area contributed by atoms with Crippen molar-refractivity contribution in [3.8, 4) is 5.75 Å². The van der Waals surface area contributed by atoms with Gasteiger partial charge in [-0.25, -0.2) is 0 Å². The number of alkyl halides is 2. The first-order chi connectivity index (χ1) is 12.0. The number of anilines is 1. The van der Waals surface area contributed by atoms with Gasteiger partial charge in [0.05, 0.1) is 6.04 Å². The van der Waals surface area contributed by atoms with Gasteiger partial charge in [-0.3, -0.25) is 4.79 Å². The Bertz CT molecular complexity index is 768. The monoisotopic (exact) mass is 411 g/mol. The van der Waals surface area contributed by atoms with Crippen LogP contribution in [-0.4, -0.2) is 19.2 Å². The molecule has 0 bridgehead atoms. The number of ether oxygens (including phenoxy) is 1. The zero-order valence-corrected chi connectivity index (χ0v) is 14.9. The first kappa shape index (κ1) is 19.1. The van der Waals surface area contributed by atoms with Crippen LogP contribution in [0.5, 0.6) is 5.75 Å². The summed E-state index contributed by atoms with van der Waals surface area (Å²) in [5, 5.41) is 3.09. The van der Waals surface area contributed by atoms with Crippen molar-refractivity contribution in [1.29, 1.82) is 0 Å². The van der Waals surface area contributed by atoms with Gasteiger partial charge in [0, 0.05) is 27.7 Å². The van der Waals surface area contributed by atoms with E-state index in [-0.39, 0.29) is 12.2 Å². The minimum Gasteiger partial charge on any atom is -0.434 e. The summed E-state index contributed by atoms with van der Waals surface area (Å²) in [5.74, 6) is -0.00278. The van der Waals surface area contributed by atoms with Gasteiger partial charge in [0.15, 0.2) is 6.29 Å². The molecule has 1 unspecified atom stereocenters. The van der Waals surface area contributed by atoms with E-state index in [1.807, 2.05) is 0 Å². The highest BCUT2D eigenvalue weighted by molar-refractivity contribution is 9.10. The highest BCUT2D eigenvalue weighted by atomic mass is 79.9. The molecule has 1 atom stereocenters. The third-order valence-corrected chi connectivity index (χ3v) is 4.15. The average molecular weight is 412 g/mol. The summed E-state index contributed by atoms with van der Waals surface area (Å²) in [6.45, 7) is -1.23. The number of aldehydes is 2. The molecule has 0 spiro atoms. The van der Waals surface area contributed by atoms with Crippen LogP contribution in [0.2, 0.25) is 0 Å². The van der Waals surface area contributed by atoms with Crippen molar-refractivity contribution >= 4 is 34.2 Å². The second-order valence-electron chi connectivity index (χ2n) is 5.31. The lowest BCUT2D eigenvalue weighted by Gasteiger charge is -2.24. The van der Waals surface area contributed by atoms with Gasteiger partial charge in [-0.05, 0) is 36.8 Å². The molecule has 0 amide bonds. The predicted octanol–water partition coefficient (Wildman–Crippen LogP) is 4.91. The molecule has 0 aromatic heterocycles. The summed E-state index contributed by atoms with van der Waals surface area (Å²) in [4.78, 5) is 22.4. The standard InChI is InChI=1S/C18H16BrF2NO3/c1-11-3-2-4-16(25-18(20)21)17(11)14(7-8-23)22-15-9-13(19)6-5-12(15)10-24/h2-6,8-10,14,18,22H,7H2,1H3. The van der Waals surface area contributed by atoms with Crippen LogP contribution in [0.4, 0.5) is 14.5 Å². The minimum atomic E-state index is -2.98. The molecule has 4 nitrogen and oxygen atoms in total. The third kappa shape index (κ3) is 4.85. The van der Waals surface area contributed by atoms with Crippen molar-refractivity contribution < 1.29 is 23.1 Å². The van der Waals surface area contributed by atoms with Crippen LogP contribution >= 0.6 is 15.9 Å². The molecule has 0 saturated heterocycles. The Hall–Kier alpha value is -2.28. The van der Waals surface area contributed by atoms with Crippen molar-refractivity contribution in [2.45, 2.75) is 26.0 Å². The maximum atomic E-state index is 12.7. The summed E-state index contributed by atoms with van der Waals surface area (Å²) < 4.78 is 30.8. The van der Waals surface area contributed by atoms with Crippen molar-refractivity contribution in [3.63, 3.8) is 0 Å². The molecule has 0 fully saturated rings. The Balaban J connectivity index is 2.47. The molecule has 2 aromatic rings. The second kappa shape index (κ2) is 8.71. The summed E-state index contributed by atoms with van der Waals surface area (Å²) in [5.41, 5.74) is 2.03. The average Bonchev–Trinajstić information content (AvgIpc) is 2.54. The van der Waals surface area contributed by atoms with Gasteiger partial charge < -0.3 is 14.8 Å². The fraction of sp³-hybridized carbons (Fsp3) is 0.222. The molecule has 25 heavy (non-hydrogen) atoms. The number of benzene rings is 2. The summed E-state index contributed by atoms with van der Waals surface area (Å²) in [6.07, 6.45) is 1.39. The van der Waals surface area contributed by atoms with Crippen LogP contribution in [0.25, 0.3) is 0 Å². The smallest absolute Gasteiger partial charge is 0.387 e. The number of nitrogens with one attached hydrogen (secondary N) is 1. The molecule has 0 heterocycles. The van der Waals surface area contributed by atoms with Gasteiger partial charge in [0.25, 0.3) is 0 Å². The Labute approximate surface area is 152 Å². The van der Waals surface area contributed by atoms with E-state index in [9.17, 15) is 18.4 Å². The molecule has 2 rings (SSSR count). The Morgan fingerprint density at radius 1 is 1.24 bits per heavy atom. The lowest BCUT2D eigenvalue weighted by atomic mass is 9.97. The van der Waals surface area contributed by atoms with E-state index in [0.717, 1.165) is 4.47 Å². The van der Waals surface area contributed by atoms with Crippen LogP contribution in [0.3, 0.4) is 0 Å². The van der Waals surface area contributed by atoms with Crippen LogP contribution in [-0.2, 0) is 4.79 Å². The Kier molecular flexibility index (Phi) is 6.64. The topological polar surface area (TPSA) is 55.4 Å². The maximum absolute atomic E-state index is 12.7. The number of carbonyl (C=O) groups is 2. The molecule has 2 aromatic carbocycles. The zero-order valence-electron chi connectivity index (χ0n) is 13.3. The molecule has 132 valence electrons. The summed E-state index contributed by atoms with van der Waals surface area (Å²) in [6, 6.07) is 9.16. The number of aryl methyl sites for hydroxylation is 1. The largest absolute Gasteiger partial charge is 0.434 e. The van der Waals surface area contributed by atoms with Crippen molar-refractivity contribution in [1.82, 2.24) is 0 Å². The first-order valence-electron chi connectivity index (χ1n) is 7.45. The van der Waals surface area contributed by atoms with E-state index < -0.39 is 12.7 Å². The first-order valence-corrected chi connectivity index (χ1v) is 8.24. The number of hydrogen-bond acceptors (Lipinski definition) is 4. The van der Waals surface area contributed by atoms with Crippen molar-refractivity contribution in [2.75, 3.05) is 5.32 Å². The van der Waals surface area contributed by atoms with Gasteiger partial charge >= 0.3 is 6.61 Å². The van der Waals surface area contributed by atoms with Crippen LogP contribution in [0.15, 0.2) is 40.9 Å². The van der Waals surface area contributed by atoms with Crippen LogP contribution in [0.1, 0.15) is 33.9 Å². The van der Waals surface area contributed by atoms with E-state index in [2.05, 4.69) is 26.0 Å². The van der Waals surface area contributed by atoms with Crippen molar-refractivity contribution in [2.24, 2.45) is 0 Å². The molecule has 1 N–H and O–H groups in total. The molecule has 0 aliphatic rings. The molecule has 0 aliphatic heterocycles. The van der Waals surface area contributed by atoms with Gasteiger partial charge in [0.1, 0.15) is 12.0 Å². The molecule has 0 aliphatic carbocycles. The van der Waals surface area contributed by atoms with E-state index in [0.29, 0.717) is 35.0 Å². The number of hydrogen-bond donors (Lipinski definition) is 1. The number of carbonyl (C=O) groups excluding carboxylic acids is 2. The molecule has 0 radical (unpaired) electrons. The van der Waals surface area contributed by atoms with Gasteiger partial charge in [-0.1, -0.05) is 28.1 Å². The molecular weight excluding hydrogens is 396 g/mol. The SMILES string of the molecule is Cc1cccc(OC(F)F)c1C(CC=O)Nc1cc(Br)ccc1C=O. The second-order valence-corrected chi connectivity index (χ2v) is 6.23. The lowest BCUT2D eigenvalue weighted by Crippen LogP contribution is -2.16. The predicted molar refractivity (Wildman–Crippen MR) is 94.4 cm³/mol. The fourth-order valence-corrected chi connectivity index (χ4v) is 2.95. The normalized spacial score (nSPS) is 11.9. The summed E-state index contributed by atoms with van der Waals surface area (Å²) in [7, 11) is 0. The number of rotatable bonds is 8. The maximum Gasteiger partial charge on any atom is 0.387 e. The van der Waals surface area contributed by atoms with Crippen molar-refractivity contribution in [3.05, 3.63) is 57.6 Å². The highest BCUT2D eigenvalue weighted by Crippen LogP contribution is 2.34. The zero-order chi connectivity index (χ0) is 18.4. The quantitative estimate of drug-likeness (QED) is 0.626. The molecular formula is C18H16BrF2NO3. The van der Waals surface area contributed by atoms with Crippen LogP contribution < -0.4 is 10.1 Å².